The highest BCUT2D eigenvalue weighted by molar-refractivity contribution is 7.09. The first-order valence-electron chi connectivity index (χ1n) is 7.81. The standard InChI is InChI=1S/C18H24N2O2S/c1-4-20(13-17-6-5-11-23-17)14(2)18(21)19-12-15-7-9-16(22-3)10-8-15/h5-11,14H,4,12-13H2,1-3H3,(H,19,21)/t14-/m0/s1. The SMILES string of the molecule is CCN(Cc1cccs1)[C@@H](C)C(=O)NCc1ccc(OC)cc1. The molecule has 1 heterocycles. The molecule has 1 amide bonds. The van der Waals surface area contributed by atoms with Crippen LogP contribution in [0.3, 0.4) is 0 Å². The monoisotopic (exact) mass is 332 g/mol. The molecule has 0 bridgehead atoms. The fourth-order valence-corrected chi connectivity index (χ4v) is 3.10. The number of methoxy groups -OCH3 is 1. The molecule has 0 radical (unpaired) electrons. The van der Waals surface area contributed by atoms with Gasteiger partial charge in [0.2, 0.25) is 5.91 Å². The number of nitrogens with one attached hydrogen (secondary N) is 1. The van der Waals surface area contributed by atoms with E-state index in [4.69, 9.17) is 4.74 Å². The summed E-state index contributed by atoms with van der Waals surface area (Å²) in [6.07, 6.45) is 0. The molecule has 23 heavy (non-hydrogen) atoms. The Balaban J connectivity index is 1.87. The molecule has 0 aliphatic heterocycles. The maximum Gasteiger partial charge on any atom is 0.237 e. The van der Waals surface area contributed by atoms with E-state index in [1.165, 1.54) is 4.88 Å². The third-order valence-corrected chi connectivity index (χ3v) is 4.76. The van der Waals surface area contributed by atoms with Crippen molar-refractivity contribution in [2.75, 3.05) is 13.7 Å². The predicted molar refractivity (Wildman–Crippen MR) is 94.7 cm³/mol. The van der Waals surface area contributed by atoms with Gasteiger partial charge in [-0.3, -0.25) is 9.69 Å². The summed E-state index contributed by atoms with van der Waals surface area (Å²) >= 11 is 1.72. The molecular weight excluding hydrogens is 308 g/mol. The van der Waals surface area contributed by atoms with Crippen LogP contribution < -0.4 is 10.1 Å². The van der Waals surface area contributed by atoms with Crippen LogP contribution in [0.15, 0.2) is 41.8 Å². The van der Waals surface area contributed by atoms with E-state index < -0.39 is 0 Å². The van der Waals surface area contributed by atoms with Gasteiger partial charge in [-0.25, -0.2) is 0 Å². The maximum atomic E-state index is 12.4. The van der Waals surface area contributed by atoms with Gasteiger partial charge >= 0.3 is 0 Å². The van der Waals surface area contributed by atoms with Crippen LogP contribution in [0.25, 0.3) is 0 Å². The Morgan fingerprint density at radius 3 is 2.61 bits per heavy atom. The van der Waals surface area contributed by atoms with Crippen LogP contribution in [-0.2, 0) is 17.9 Å². The lowest BCUT2D eigenvalue weighted by atomic mass is 10.2. The number of likely N-dealkylation sites (N-methyl/N-ethyl adjacent to an activating group) is 1. The minimum atomic E-state index is -0.152. The molecular formula is C18H24N2O2S. The zero-order valence-corrected chi connectivity index (χ0v) is 14.7. The minimum absolute atomic E-state index is 0.0548. The van der Waals surface area contributed by atoms with Crippen molar-refractivity contribution in [3.05, 3.63) is 52.2 Å². The first-order chi connectivity index (χ1) is 11.1. The van der Waals surface area contributed by atoms with Crippen molar-refractivity contribution in [3.8, 4) is 5.75 Å². The first-order valence-corrected chi connectivity index (χ1v) is 8.69. The van der Waals surface area contributed by atoms with Crippen LogP contribution in [0.4, 0.5) is 0 Å². The molecule has 0 aliphatic carbocycles. The van der Waals surface area contributed by atoms with Crippen molar-refractivity contribution in [2.45, 2.75) is 33.0 Å². The summed E-state index contributed by atoms with van der Waals surface area (Å²) in [6, 6.07) is 11.7. The van der Waals surface area contributed by atoms with E-state index in [0.29, 0.717) is 6.54 Å². The number of benzene rings is 1. The minimum Gasteiger partial charge on any atom is -0.497 e. The molecule has 1 aromatic carbocycles. The fraction of sp³-hybridized carbons (Fsp3) is 0.389. The number of hydrogen-bond donors (Lipinski definition) is 1. The number of hydrogen-bond acceptors (Lipinski definition) is 4. The van der Waals surface area contributed by atoms with Crippen LogP contribution in [0.5, 0.6) is 5.75 Å². The van der Waals surface area contributed by atoms with Gasteiger partial charge in [-0.15, -0.1) is 11.3 Å². The topological polar surface area (TPSA) is 41.6 Å². The van der Waals surface area contributed by atoms with E-state index in [1.807, 2.05) is 37.3 Å². The van der Waals surface area contributed by atoms with E-state index in [2.05, 4.69) is 28.6 Å². The molecule has 0 unspecified atom stereocenters. The zero-order valence-electron chi connectivity index (χ0n) is 13.9. The molecule has 1 atom stereocenters. The second-order valence-corrected chi connectivity index (χ2v) is 6.42. The van der Waals surface area contributed by atoms with Gasteiger partial charge in [-0.2, -0.15) is 0 Å². The average Bonchev–Trinajstić information content (AvgIpc) is 3.10. The number of carbonyl (C=O) groups excluding carboxylic acids is 1. The van der Waals surface area contributed by atoms with Crippen molar-refractivity contribution in [1.29, 1.82) is 0 Å². The highest BCUT2D eigenvalue weighted by atomic mass is 32.1. The smallest absolute Gasteiger partial charge is 0.237 e. The maximum absolute atomic E-state index is 12.4. The Bertz CT molecular complexity index is 596. The molecule has 0 saturated carbocycles. The summed E-state index contributed by atoms with van der Waals surface area (Å²) in [5.41, 5.74) is 1.06. The first kappa shape index (κ1) is 17.5. The van der Waals surface area contributed by atoms with Crippen molar-refractivity contribution < 1.29 is 9.53 Å². The van der Waals surface area contributed by atoms with Crippen molar-refractivity contribution in [1.82, 2.24) is 10.2 Å². The average molecular weight is 332 g/mol. The van der Waals surface area contributed by atoms with E-state index in [1.54, 1.807) is 18.4 Å². The van der Waals surface area contributed by atoms with Crippen molar-refractivity contribution >= 4 is 17.2 Å². The molecule has 0 saturated heterocycles. The van der Waals surface area contributed by atoms with Crippen LogP contribution in [0.1, 0.15) is 24.3 Å². The van der Waals surface area contributed by atoms with Gasteiger partial charge in [0.25, 0.3) is 0 Å². The lowest BCUT2D eigenvalue weighted by Crippen LogP contribution is -2.44. The molecule has 4 nitrogen and oxygen atoms in total. The third kappa shape index (κ3) is 5.08. The largest absolute Gasteiger partial charge is 0.497 e. The highest BCUT2D eigenvalue weighted by Crippen LogP contribution is 2.14. The second-order valence-electron chi connectivity index (χ2n) is 5.38. The molecule has 2 rings (SSSR count). The summed E-state index contributed by atoms with van der Waals surface area (Å²) in [4.78, 5) is 15.8. The van der Waals surface area contributed by atoms with Gasteiger partial charge in [0.15, 0.2) is 0 Å². The Morgan fingerprint density at radius 2 is 2.04 bits per heavy atom. The normalized spacial score (nSPS) is 12.2. The van der Waals surface area contributed by atoms with Crippen LogP contribution in [-0.4, -0.2) is 30.5 Å². The van der Waals surface area contributed by atoms with Crippen molar-refractivity contribution in [3.63, 3.8) is 0 Å². The summed E-state index contributed by atoms with van der Waals surface area (Å²) in [7, 11) is 1.64. The molecule has 0 spiro atoms. The predicted octanol–water partition coefficient (Wildman–Crippen LogP) is 3.28. The summed E-state index contributed by atoms with van der Waals surface area (Å²) in [5.74, 6) is 0.876. The van der Waals surface area contributed by atoms with E-state index in [9.17, 15) is 4.79 Å². The summed E-state index contributed by atoms with van der Waals surface area (Å²) in [6.45, 7) is 6.23. The Kier molecular flexibility index (Phi) is 6.62. The van der Waals surface area contributed by atoms with Crippen LogP contribution in [0, 0.1) is 0 Å². The lowest BCUT2D eigenvalue weighted by Gasteiger charge is -2.26. The van der Waals surface area contributed by atoms with Gasteiger partial charge in [-0.05, 0) is 42.6 Å². The van der Waals surface area contributed by atoms with Gasteiger partial charge in [0.05, 0.1) is 13.2 Å². The summed E-state index contributed by atoms with van der Waals surface area (Å²) < 4.78 is 5.14. The van der Waals surface area contributed by atoms with Gasteiger partial charge in [0.1, 0.15) is 5.75 Å². The van der Waals surface area contributed by atoms with E-state index in [0.717, 1.165) is 24.4 Å². The second kappa shape index (κ2) is 8.70. The number of carbonyl (C=O) groups is 1. The quantitative estimate of drug-likeness (QED) is 0.806. The zero-order chi connectivity index (χ0) is 16.7. The van der Waals surface area contributed by atoms with E-state index in [-0.39, 0.29) is 11.9 Å². The summed E-state index contributed by atoms with van der Waals surface area (Å²) in [5, 5.41) is 5.08. The Hall–Kier alpha value is -1.85. The molecule has 5 heteroatoms. The van der Waals surface area contributed by atoms with Gasteiger partial charge in [0, 0.05) is 18.0 Å². The molecule has 0 aliphatic rings. The Morgan fingerprint density at radius 1 is 1.30 bits per heavy atom. The van der Waals surface area contributed by atoms with Crippen LogP contribution >= 0.6 is 11.3 Å². The third-order valence-electron chi connectivity index (χ3n) is 3.90. The molecule has 0 fully saturated rings. The Labute approximate surface area is 142 Å². The molecule has 124 valence electrons. The molecule has 2 aromatic rings. The number of nitrogens with zero attached hydrogens (tertiary/aromatic N) is 1. The van der Waals surface area contributed by atoms with Crippen LogP contribution in [0.2, 0.25) is 0 Å². The lowest BCUT2D eigenvalue weighted by molar-refractivity contribution is -0.126. The van der Waals surface area contributed by atoms with Crippen molar-refractivity contribution in [2.24, 2.45) is 0 Å². The van der Waals surface area contributed by atoms with Gasteiger partial charge < -0.3 is 10.1 Å². The van der Waals surface area contributed by atoms with Gasteiger partial charge in [-0.1, -0.05) is 25.1 Å². The molecule has 1 aromatic heterocycles. The number of thiophene rings is 1. The number of rotatable bonds is 8. The number of ether oxygens (including phenoxy) is 1. The van der Waals surface area contributed by atoms with E-state index >= 15 is 0 Å². The number of amides is 1. The fourth-order valence-electron chi connectivity index (χ4n) is 2.37. The molecule has 1 N–H and O–H groups in total. The highest BCUT2D eigenvalue weighted by Gasteiger charge is 2.20.